The Morgan fingerprint density at radius 3 is 2.56 bits per heavy atom. The minimum Gasteiger partial charge on any atom is -0.337 e. The van der Waals surface area contributed by atoms with Crippen molar-refractivity contribution < 1.29 is 4.52 Å². The average Bonchev–Trinajstić information content (AvgIpc) is 2.78. The maximum Gasteiger partial charge on any atom is 0.266 e. The zero-order valence-electron chi connectivity index (χ0n) is 11.5. The van der Waals surface area contributed by atoms with E-state index in [4.69, 9.17) is 10.3 Å². The summed E-state index contributed by atoms with van der Waals surface area (Å²) < 4.78 is 5.27. The second kappa shape index (κ2) is 5.67. The lowest BCUT2D eigenvalue weighted by atomic mass is 10.0. The molecule has 18 heavy (non-hydrogen) atoms. The molecule has 0 aromatic carbocycles. The normalized spacial score (nSPS) is 19.5. The number of anilines is 1. The highest BCUT2D eigenvalue weighted by Crippen LogP contribution is 2.13. The third kappa shape index (κ3) is 3.20. The van der Waals surface area contributed by atoms with E-state index < -0.39 is 0 Å². The summed E-state index contributed by atoms with van der Waals surface area (Å²) in [6.07, 6.45) is 0.651. The van der Waals surface area contributed by atoms with Crippen LogP contribution in [0.2, 0.25) is 0 Å². The average molecular weight is 253 g/mol. The van der Waals surface area contributed by atoms with E-state index in [1.165, 1.54) is 0 Å². The van der Waals surface area contributed by atoms with Crippen LogP contribution in [-0.2, 0) is 6.42 Å². The molecule has 0 spiro atoms. The summed E-state index contributed by atoms with van der Waals surface area (Å²) in [7, 11) is 2.13. The molecule has 1 atom stereocenters. The number of hydrogen-bond donors (Lipinski definition) is 1. The summed E-state index contributed by atoms with van der Waals surface area (Å²) in [5.41, 5.74) is 6.01. The van der Waals surface area contributed by atoms with Gasteiger partial charge in [0.1, 0.15) is 0 Å². The van der Waals surface area contributed by atoms with E-state index in [-0.39, 0.29) is 6.04 Å². The molecule has 1 unspecified atom stereocenters. The Morgan fingerprint density at radius 2 is 1.94 bits per heavy atom. The highest BCUT2D eigenvalue weighted by atomic mass is 16.5. The predicted octanol–water partition coefficient (Wildman–Crippen LogP) is 0.347. The Bertz CT molecular complexity index is 370. The van der Waals surface area contributed by atoms with Gasteiger partial charge < -0.3 is 20.1 Å². The van der Waals surface area contributed by atoms with Crippen LogP contribution in [-0.4, -0.2) is 54.3 Å². The third-order valence-corrected chi connectivity index (χ3v) is 3.51. The molecule has 2 heterocycles. The maximum atomic E-state index is 6.01. The molecular weight excluding hydrogens is 230 g/mol. The number of hydrogen-bond acceptors (Lipinski definition) is 6. The number of nitrogens with zero attached hydrogens (tertiary/aromatic N) is 4. The molecule has 6 heteroatoms. The second-order valence-electron chi connectivity index (χ2n) is 5.39. The van der Waals surface area contributed by atoms with Crippen molar-refractivity contribution >= 4 is 5.95 Å². The number of rotatable bonds is 4. The fourth-order valence-electron chi connectivity index (χ4n) is 1.90. The zero-order valence-corrected chi connectivity index (χ0v) is 11.5. The molecule has 2 N–H and O–H groups in total. The van der Waals surface area contributed by atoms with Gasteiger partial charge in [-0.2, -0.15) is 4.98 Å². The molecule has 2 rings (SSSR count). The molecule has 0 radical (unpaired) electrons. The lowest BCUT2D eigenvalue weighted by Gasteiger charge is -2.31. The van der Waals surface area contributed by atoms with E-state index in [1.54, 1.807) is 0 Å². The SMILES string of the molecule is CC(C)C(N)Cc1nc(N2CCN(C)CC2)no1. The first-order valence-corrected chi connectivity index (χ1v) is 6.58. The summed E-state index contributed by atoms with van der Waals surface area (Å²) in [5, 5.41) is 4.04. The zero-order chi connectivity index (χ0) is 13.1. The molecule has 0 bridgehead atoms. The second-order valence-corrected chi connectivity index (χ2v) is 5.39. The van der Waals surface area contributed by atoms with Gasteiger partial charge in [-0.25, -0.2) is 0 Å². The monoisotopic (exact) mass is 253 g/mol. The van der Waals surface area contributed by atoms with Crippen LogP contribution in [0.25, 0.3) is 0 Å². The lowest BCUT2D eigenvalue weighted by molar-refractivity contribution is 0.308. The Balaban J connectivity index is 1.93. The fourth-order valence-corrected chi connectivity index (χ4v) is 1.90. The Labute approximate surface area is 108 Å². The molecule has 1 aliphatic heterocycles. The van der Waals surface area contributed by atoms with Crippen LogP contribution in [0.15, 0.2) is 4.52 Å². The molecule has 0 saturated carbocycles. The standard InChI is InChI=1S/C12H23N5O/c1-9(2)10(13)8-11-14-12(15-18-11)17-6-4-16(3)5-7-17/h9-10H,4-8,13H2,1-3H3. The van der Waals surface area contributed by atoms with Gasteiger partial charge in [0.05, 0.1) is 0 Å². The van der Waals surface area contributed by atoms with Crippen molar-refractivity contribution in [1.29, 1.82) is 0 Å². The van der Waals surface area contributed by atoms with Crippen molar-refractivity contribution in [2.75, 3.05) is 38.1 Å². The van der Waals surface area contributed by atoms with Gasteiger partial charge in [-0.15, -0.1) is 0 Å². The van der Waals surface area contributed by atoms with Crippen LogP contribution in [0.5, 0.6) is 0 Å². The summed E-state index contributed by atoms with van der Waals surface area (Å²) in [5.74, 6) is 1.77. The van der Waals surface area contributed by atoms with E-state index in [2.05, 4.69) is 40.8 Å². The molecule has 1 aromatic heterocycles. The summed E-state index contributed by atoms with van der Waals surface area (Å²) in [6, 6.07) is 0.0748. The molecule has 102 valence electrons. The van der Waals surface area contributed by atoms with Crippen LogP contribution in [0.1, 0.15) is 19.7 Å². The molecular formula is C12H23N5O. The third-order valence-electron chi connectivity index (χ3n) is 3.51. The van der Waals surface area contributed by atoms with E-state index >= 15 is 0 Å². The van der Waals surface area contributed by atoms with E-state index in [9.17, 15) is 0 Å². The van der Waals surface area contributed by atoms with Crippen molar-refractivity contribution in [3.63, 3.8) is 0 Å². The quantitative estimate of drug-likeness (QED) is 0.834. The fraction of sp³-hybridized carbons (Fsp3) is 0.833. The van der Waals surface area contributed by atoms with Crippen LogP contribution < -0.4 is 10.6 Å². The van der Waals surface area contributed by atoms with Crippen molar-refractivity contribution in [1.82, 2.24) is 15.0 Å². The van der Waals surface area contributed by atoms with Gasteiger partial charge in [0.15, 0.2) is 0 Å². The molecule has 1 saturated heterocycles. The van der Waals surface area contributed by atoms with E-state index in [0.717, 1.165) is 26.2 Å². The van der Waals surface area contributed by atoms with Crippen molar-refractivity contribution in [3.05, 3.63) is 5.89 Å². The smallest absolute Gasteiger partial charge is 0.266 e. The summed E-state index contributed by atoms with van der Waals surface area (Å²) in [6.45, 7) is 8.17. The van der Waals surface area contributed by atoms with Crippen molar-refractivity contribution in [3.8, 4) is 0 Å². The number of piperazine rings is 1. The Kier molecular flexibility index (Phi) is 4.19. The van der Waals surface area contributed by atoms with Crippen LogP contribution >= 0.6 is 0 Å². The summed E-state index contributed by atoms with van der Waals surface area (Å²) in [4.78, 5) is 8.89. The molecule has 6 nitrogen and oxygen atoms in total. The molecule has 1 fully saturated rings. The molecule has 1 aromatic rings. The molecule has 1 aliphatic rings. The van der Waals surface area contributed by atoms with E-state index in [0.29, 0.717) is 24.2 Å². The van der Waals surface area contributed by atoms with Crippen LogP contribution in [0, 0.1) is 5.92 Å². The highest BCUT2D eigenvalue weighted by Gasteiger charge is 2.20. The van der Waals surface area contributed by atoms with Gasteiger partial charge >= 0.3 is 0 Å². The minimum atomic E-state index is 0.0748. The Hall–Kier alpha value is -1.14. The number of aromatic nitrogens is 2. The number of nitrogens with two attached hydrogens (primary N) is 1. The van der Waals surface area contributed by atoms with Gasteiger partial charge in [0, 0.05) is 38.6 Å². The van der Waals surface area contributed by atoms with Crippen LogP contribution in [0.4, 0.5) is 5.95 Å². The maximum absolute atomic E-state index is 6.01. The van der Waals surface area contributed by atoms with E-state index in [1.807, 2.05) is 0 Å². The van der Waals surface area contributed by atoms with Crippen molar-refractivity contribution in [2.45, 2.75) is 26.3 Å². The highest BCUT2D eigenvalue weighted by molar-refractivity contribution is 5.28. The van der Waals surface area contributed by atoms with Gasteiger partial charge in [0.2, 0.25) is 5.89 Å². The van der Waals surface area contributed by atoms with Crippen LogP contribution in [0.3, 0.4) is 0 Å². The topological polar surface area (TPSA) is 71.4 Å². The first kappa shape index (κ1) is 13.3. The van der Waals surface area contributed by atoms with Gasteiger partial charge in [-0.3, -0.25) is 0 Å². The van der Waals surface area contributed by atoms with Crippen molar-refractivity contribution in [2.24, 2.45) is 11.7 Å². The van der Waals surface area contributed by atoms with Gasteiger partial charge in [0.25, 0.3) is 5.95 Å². The first-order valence-electron chi connectivity index (χ1n) is 6.58. The minimum absolute atomic E-state index is 0.0748. The predicted molar refractivity (Wildman–Crippen MR) is 70.5 cm³/mol. The Morgan fingerprint density at radius 1 is 1.28 bits per heavy atom. The van der Waals surface area contributed by atoms with Gasteiger partial charge in [-0.1, -0.05) is 13.8 Å². The molecule has 0 aliphatic carbocycles. The summed E-state index contributed by atoms with van der Waals surface area (Å²) >= 11 is 0. The largest absolute Gasteiger partial charge is 0.337 e. The first-order chi connectivity index (χ1) is 8.56. The lowest BCUT2D eigenvalue weighted by Crippen LogP contribution is -2.44. The van der Waals surface area contributed by atoms with Gasteiger partial charge in [-0.05, 0) is 18.1 Å². The number of likely N-dealkylation sites (N-methyl/N-ethyl adjacent to an activating group) is 1. The molecule has 0 amide bonds.